The number of para-hydroxylation sites is 1. The molecule has 0 bridgehead atoms. The Hall–Kier alpha value is -2.41. The number of anilines is 3. The molecule has 0 aliphatic carbocycles. The summed E-state index contributed by atoms with van der Waals surface area (Å²) >= 11 is 1.77. The lowest BCUT2D eigenvalue weighted by Gasteiger charge is -2.34. The van der Waals surface area contributed by atoms with Crippen LogP contribution in [0.1, 0.15) is 0 Å². The first-order valence-electron chi connectivity index (χ1n) is 8.06. The number of nitrogens with zero attached hydrogens (tertiary/aromatic N) is 6. The highest BCUT2D eigenvalue weighted by Gasteiger charge is 2.21. The van der Waals surface area contributed by atoms with E-state index in [-0.39, 0.29) is 0 Å². The SMILES string of the molecule is CN(C)c1ccnc(N2CCN(c3nc4ccccc4s3)CC2)n1. The zero-order valence-corrected chi connectivity index (χ0v) is 14.7. The summed E-state index contributed by atoms with van der Waals surface area (Å²) in [6, 6.07) is 10.2. The van der Waals surface area contributed by atoms with Crippen LogP contribution in [0.25, 0.3) is 10.2 Å². The van der Waals surface area contributed by atoms with Gasteiger partial charge in [0, 0.05) is 46.5 Å². The van der Waals surface area contributed by atoms with Gasteiger partial charge in [0.2, 0.25) is 5.95 Å². The van der Waals surface area contributed by atoms with Gasteiger partial charge < -0.3 is 14.7 Å². The predicted molar refractivity (Wildman–Crippen MR) is 100 cm³/mol. The van der Waals surface area contributed by atoms with E-state index in [1.54, 1.807) is 11.3 Å². The molecule has 0 radical (unpaired) electrons. The number of rotatable bonds is 3. The van der Waals surface area contributed by atoms with Gasteiger partial charge in [-0.05, 0) is 18.2 Å². The van der Waals surface area contributed by atoms with Gasteiger partial charge in [0.15, 0.2) is 5.13 Å². The molecule has 3 heterocycles. The monoisotopic (exact) mass is 340 g/mol. The summed E-state index contributed by atoms with van der Waals surface area (Å²) in [6.45, 7) is 3.70. The number of piperazine rings is 1. The van der Waals surface area contributed by atoms with Crippen LogP contribution in [0.4, 0.5) is 16.9 Å². The highest BCUT2D eigenvalue weighted by atomic mass is 32.1. The molecule has 1 aromatic carbocycles. The summed E-state index contributed by atoms with van der Waals surface area (Å²) < 4.78 is 1.25. The van der Waals surface area contributed by atoms with Gasteiger partial charge in [0.1, 0.15) is 5.82 Å². The van der Waals surface area contributed by atoms with Gasteiger partial charge in [-0.15, -0.1) is 0 Å². The van der Waals surface area contributed by atoms with Crippen molar-refractivity contribution >= 4 is 38.5 Å². The number of aromatic nitrogens is 3. The maximum Gasteiger partial charge on any atom is 0.227 e. The lowest BCUT2D eigenvalue weighted by atomic mass is 10.3. The van der Waals surface area contributed by atoms with Crippen LogP contribution in [-0.4, -0.2) is 55.2 Å². The number of thiazole rings is 1. The molecule has 0 spiro atoms. The van der Waals surface area contributed by atoms with E-state index in [1.165, 1.54) is 4.70 Å². The first-order valence-corrected chi connectivity index (χ1v) is 8.88. The van der Waals surface area contributed by atoms with Gasteiger partial charge in [-0.25, -0.2) is 9.97 Å². The van der Waals surface area contributed by atoms with Crippen molar-refractivity contribution in [3.63, 3.8) is 0 Å². The molecule has 6 nitrogen and oxygen atoms in total. The second kappa shape index (κ2) is 6.24. The Kier molecular flexibility index (Phi) is 3.93. The van der Waals surface area contributed by atoms with Gasteiger partial charge >= 0.3 is 0 Å². The van der Waals surface area contributed by atoms with Gasteiger partial charge in [0.05, 0.1) is 10.2 Å². The molecule has 2 aromatic heterocycles. The summed E-state index contributed by atoms with van der Waals surface area (Å²) in [7, 11) is 3.99. The third kappa shape index (κ3) is 2.87. The molecule has 0 N–H and O–H groups in total. The molecule has 7 heteroatoms. The van der Waals surface area contributed by atoms with Crippen molar-refractivity contribution in [2.24, 2.45) is 0 Å². The molecule has 0 atom stereocenters. The molecule has 1 saturated heterocycles. The molecule has 1 fully saturated rings. The van der Waals surface area contributed by atoms with Gasteiger partial charge in [-0.3, -0.25) is 0 Å². The maximum absolute atomic E-state index is 4.76. The molecule has 24 heavy (non-hydrogen) atoms. The third-order valence-corrected chi connectivity index (χ3v) is 5.30. The molecule has 1 aliphatic rings. The van der Waals surface area contributed by atoms with Crippen molar-refractivity contribution in [2.75, 3.05) is 55.0 Å². The molecular formula is C17H20N6S. The lowest BCUT2D eigenvalue weighted by Crippen LogP contribution is -2.47. The molecule has 1 aliphatic heterocycles. The third-order valence-electron chi connectivity index (χ3n) is 4.20. The first-order chi connectivity index (χ1) is 11.7. The van der Waals surface area contributed by atoms with Gasteiger partial charge in [0.25, 0.3) is 0 Å². The first kappa shape index (κ1) is 15.1. The quantitative estimate of drug-likeness (QED) is 0.730. The average molecular weight is 340 g/mol. The molecule has 3 aromatic rings. The van der Waals surface area contributed by atoms with Crippen molar-refractivity contribution in [1.29, 1.82) is 0 Å². The van der Waals surface area contributed by atoms with Crippen molar-refractivity contribution in [3.05, 3.63) is 36.5 Å². The fourth-order valence-electron chi connectivity index (χ4n) is 2.83. The Balaban J connectivity index is 1.47. The van der Waals surface area contributed by atoms with E-state index in [0.29, 0.717) is 0 Å². The summed E-state index contributed by atoms with van der Waals surface area (Å²) in [5, 5.41) is 1.11. The van der Waals surface area contributed by atoms with E-state index in [1.807, 2.05) is 37.3 Å². The predicted octanol–water partition coefficient (Wildman–Crippen LogP) is 2.48. The molecule has 0 saturated carbocycles. The van der Waals surface area contributed by atoms with Crippen LogP contribution in [-0.2, 0) is 0 Å². The van der Waals surface area contributed by atoms with E-state index >= 15 is 0 Å². The highest BCUT2D eigenvalue weighted by molar-refractivity contribution is 7.22. The maximum atomic E-state index is 4.76. The Bertz CT molecular complexity index is 805. The summed E-state index contributed by atoms with van der Waals surface area (Å²) in [6.07, 6.45) is 1.83. The second-order valence-corrected chi connectivity index (χ2v) is 7.06. The van der Waals surface area contributed by atoms with Crippen molar-refractivity contribution < 1.29 is 0 Å². The van der Waals surface area contributed by atoms with Crippen LogP contribution in [0, 0.1) is 0 Å². The second-order valence-electron chi connectivity index (χ2n) is 6.05. The molecule has 0 amide bonds. The van der Waals surface area contributed by atoms with Crippen LogP contribution >= 0.6 is 11.3 Å². The normalized spacial score (nSPS) is 15.1. The lowest BCUT2D eigenvalue weighted by molar-refractivity contribution is 0.639. The highest BCUT2D eigenvalue weighted by Crippen LogP contribution is 2.29. The van der Waals surface area contributed by atoms with E-state index < -0.39 is 0 Å². The molecule has 0 unspecified atom stereocenters. The van der Waals surface area contributed by atoms with Crippen LogP contribution in [0.2, 0.25) is 0 Å². The molecular weight excluding hydrogens is 320 g/mol. The van der Waals surface area contributed by atoms with Crippen LogP contribution in [0.15, 0.2) is 36.5 Å². The van der Waals surface area contributed by atoms with Gasteiger partial charge in [-0.1, -0.05) is 23.5 Å². The largest absolute Gasteiger partial charge is 0.363 e. The van der Waals surface area contributed by atoms with Crippen LogP contribution < -0.4 is 14.7 Å². The number of benzene rings is 1. The van der Waals surface area contributed by atoms with Crippen LogP contribution in [0.5, 0.6) is 0 Å². The standard InChI is InChI=1S/C17H20N6S/c1-21(2)15-7-8-18-16(20-15)22-9-11-23(12-10-22)17-19-13-5-3-4-6-14(13)24-17/h3-8H,9-12H2,1-2H3. The minimum absolute atomic E-state index is 0.810. The van der Waals surface area contributed by atoms with Crippen molar-refractivity contribution in [3.8, 4) is 0 Å². The smallest absolute Gasteiger partial charge is 0.227 e. The summed E-state index contributed by atoms with van der Waals surface area (Å²) in [5.74, 6) is 1.75. The van der Waals surface area contributed by atoms with Crippen molar-refractivity contribution in [1.82, 2.24) is 15.0 Å². The zero-order chi connectivity index (χ0) is 16.5. The summed E-state index contributed by atoms with van der Waals surface area (Å²) in [5.41, 5.74) is 1.09. The van der Waals surface area contributed by atoms with Gasteiger partial charge in [-0.2, -0.15) is 4.98 Å². The van der Waals surface area contributed by atoms with Crippen molar-refractivity contribution in [2.45, 2.75) is 0 Å². The van der Waals surface area contributed by atoms with Crippen LogP contribution in [0.3, 0.4) is 0 Å². The van der Waals surface area contributed by atoms with E-state index in [9.17, 15) is 0 Å². The fourth-order valence-corrected chi connectivity index (χ4v) is 3.85. The fraction of sp³-hybridized carbons (Fsp3) is 0.353. The number of hydrogen-bond donors (Lipinski definition) is 0. The summed E-state index contributed by atoms with van der Waals surface area (Å²) in [4.78, 5) is 20.4. The van der Waals surface area contributed by atoms with E-state index in [2.05, 4.69) is 38.0 Å². The Morgan fingerprint density at radius 3 is 2.46 bits per heavy atom. The minimum atomic E-state index is 0.810. The molecule has 4 rings (SSSR count). The Morgan fingerprint density at radius 1 is 0.958 bits per heavy atom. The molecule has 124 valence electrons. The number of fused-ring (bicyclic) bond motifs is 1. The Labute approximate surface area is 145 Å². The topological polar surface area (TPSA) is 48.4 Å². The number of hydrogen-bond acceptors (Lipinski definition) is 7. The Morgan fingerprint density at radius 2 is 1.71 bits per heavy atom. The van der Waals surface area contributed by atoms with E-state index in [4.69, 9.17) is 4.98 Å². The zero-order valence-electron chi connectivity index (χ0n) is 13.9. The average Bonchev–Trinajstić information content (AvgIpc) is 3.06. The van der Waals surface area contributed by atoms with E-state index in [0.717, 1.165) is 48.6 Å². The minimum Gasteiger partial charge on any atom is -0.363 e.